The molecule has 100 valence electrons. The molecule has 1 atom stereocenters. The van der Waals surface area contributed by atoms with Gasteiger partial charge in [0.25, 0.3) is 0 Å². The van der Waals surface area contributed by atoms with Crippen molar-refractivity contribution in [2.24, 2.45) is 0 Å². The van der Waals surface area contributed by atoms with Gasteiger partial charge in [0, 0.05) is 11.6 Å². The van der Waals surface area contributed by atoms with Crippen LogP contribution in [-0.2, 0) is 5.60 Å². The minimum Gasteiger partial charge on any atom is -0.497 e. The Hall–Kier alpha value is -2.00. The van der Waals surface area contributed by atoms with Crippen LogP contribution < -0.4 is 9.47 Å². The lowest BCUT2D eigenvalue weighted by molar-refractivity contribution is 0.0988. The lowest BCUT2D eigenvalue weighted by Gasteiger charge is -2.26. The summed E-state index contributed by atoms with van der Waals surface area (Å²) in [5, 5.41) is 10.8. The summed E-state index contributed by atoms with van der Waals surface area (Å²) in [4.78, 5) is 0. The Kier molecular flexibility index (Phi) is 3.76. The Morgan fingerprint density at radius 2 is 1.63 bits per heavy atom. The molecule has 0 saturated carbocycles. The van der Waals surface area contributed by atoms with Crippen molar-refractivity contribution in [3.63, 3.8) is 0 Å². The molecule has 19 heavy (non-hydrogen) atoms. The quantitative estimate of drug-likeness (QED) is 0.916. The molecule has 0 aliphatic rings. The lowest BCUT2D eigenvalue weighted by atomic mass is 9.87. The maximum Gasteiger partial charge on any atom is 0.128 e. The van der Waals surface area contributed by atoms with E-state index in [4.69, 9.17) is 9.47 Å². The summed E-state index contributed by atoms with van der Waals surface area (Å²) in [6.45, 7) is 1.76. The maximum absolute atomic E-state index is 10.8. The highest BCUT2D eigenvalue weighted by molar-refractivity contribution is 5.47. The van der Waals surface area contributed by atoms with Crippen molar-refractivity contribution < 1.29 is 14.6 Å². The van der Waals surface area contributed by atoms with Gasteiger partial charge in [-0.2, -0.15) is 0 Å². The first kappa shape index (κ1) is 13.4. The van der Waals surface area contributed by atoms with Gasteiger partial charge in [0.15, 0.2) is 0 Å². The molecule has 3 heteroatoms. The van der Waals surface area contributed by atoms with E-state index >= 15 is 0 Å². The van der Waals surface area contributed by atoms with E-state index in [9.17, 15) is 5.11 Å². The van der Waals surface area contributed by atoms with Gasteiger partial charge in [0.05, 0.1) is 14.2 Å². The summed E-state index contributed by atoms with van der Waals surface area (Å²) in [5.74, 6) is 1.30. The fourth-order valence-corrected chi connectivity index (χ4v) is 2.12. The fourth-order valence-electron chi connectivity index (χ4n) is 2.12. The number of benzene rings is 2. The first-order chi connectivity index (χ1) is 9.09. The fraction of sp³-hybridized carbons (Fsp3) is 0.250. The molecule has 0 spiro atoms. The normalized spacial score (nSPS) is 13.7. The van der Waals surface area contributed by atoms with Crippen LogP contribution >= 0.6 is 0 Å². The lowest BCUT2D eigenvalue weighted by Crippen LogP contribution is -2.23. The number of hydrogen-bond acceptors (Lipinski definition) is 3. The molecular formula is C16H18O3. The van der Waals surface area contributed by atoms with Crippen LogP contribution in [0.5, 0.6) is 11.5 Å². The number of ether oxygens (including phenoxy) is 2. The summed E-state index contributed by atoms with van der Waals surface area (Å²) in [7, 11) is 3.18. The van der Waals surface area contributed by atoms with Crippen LogP contribution in [0.2, 0.25) is 0 Å². The smallest absolute Gasteiger partial charge is 0.128 e. The number of aliphatic hydroxyl groups is 1. The summed E-state index contributed by atoms with van der Waals surface area (Å²) < 4.78 is 10.5. The van der Waals surface area contributed by atoms with Crippen molar-refractivity contribution in [2.45, 2.75) is 12.5 Å². The average molecular weight is 258 g/mol. The Labute approximate surface area is 113 Å². The molecule has 0 saturated heterocycles. The van der Waals surface area contributed by atoms with Gasteiger partial charge in [0.1, 0.15) is 17.1 Å². The molecule has 0 aliphatic heterocycles. The van der Waals surface area contributed by atoms with Crippen molar-refractivity contribution in [1.82, 2.24) is 0 Å². The van der Waals surface area contributed by atoms with E-state index in [1.54, 1.807) is 27.2 Å². The van der Waals surface area contributed by atoms with Crippen LogP contribution in [0.4, 0.5) is 0 Å². The van der Waals surface area contributed by atoms with Crippen LogP contribution in [-0.4, -0.2) is 19.3 Å². The molecule has 0 bridgehead atoms. The third-order valence-electron chi connectivity index (χ3n) is 3.27. The van der Waals surface area contributed by atoms with Gasteiger partial charge in [-0.3, -0.25) is 0 Å². The zero-order valence-electron chi connectivity index (χ0n) is 11.4. The molecule has 1 N–H and O–H groups in total. The standard InChI is InChI=1S/C16H18O3/c1-16(17,12-7-5-4-6-8-12)14-10-9-13(18-2)11-15(14)19-3/h4-11,17H,1-3H3/t16-/m0/s1. The van der Waals surface area contributed by atoms with E-state index in [-0.39, 0.29) is 0 Å². The maximum atomic E-state index is 10.8. The SMILES string of the molecule is COc1ccc([C@@](C)(O)c2ccccc2)c(OC)c1. The highest BCUT2D eigenvalue weighted by atomic mass is 16.5. The Bertz CT molecular complexity index is 547. The molecular weight excluding hydrogens is 240 g/mol. The molecule has 2 aromatic rings. The molecule has 0 unspecified atom stereocenters. The third kappa shape index (κ3) is 2.56. The Balaban J connectivity index is 2.51. The molecule has 0 amide bonds. The molecule has 2 aromatic carbocycles. The van der Waals surface area contributed by atoms with E-state index in [1.165, 1.54) is 0 Å². The predicted molar refractivity (Wildman–Crippen MR) is 74.7 cm³/mol. The van der Waals surface area contributed by atoms with E-state index in [0.717, 1.165) is 5.56 Å². The second-order valence-corrected chi connectivity index (χ2v) is 4.50. The van der Waals surface area contributed by atoms with Crippen molar-refractivity contribution in [2.75, 3.05) is 14.2 Å². The molecule has 0 aromatic heterocycles. The predicted octanol–water partition coefficient (Wildman–Crippen LogP) is 2.96. The second-order valence-electron chi connectivity index (χ2n) is 4.50. The van der Waals surface area contributed by atoms with Gasteiger partial charge in [0.2, 0.25) is 0 Å². The Morgan fingerprint density at radius 1 is 0.947 bits per heavy atom. The van der Waals surface area contributed by atoms with Gasteiger partial charge in [-0.1, -0.05) is 30.3 Å². The highest BCUT2D eigenvalue weighted by Crippen LogP contribution is 2.37. The monoisotopic (exact) mass is 258 g/mol. The largest absolute Gasteiger partial charge is 0.497 e. The average Bonchev–Trinajstić information content (AvgIpc) is 2.47. The highest BCUT2D eigenvalue weighted by Gasteiger charge is 2.29. The zero-order chi connectivity index (χ0) is 13.9. The summed E-state index contributed by atoms with van der Waals surface area (Å²) in [5.41, 5.74) is 0.416. The van der Waals surface area contributed by atoms with Gasteiger partial charge >= 0.3 is 0 Å². The molecule has 0 radical (unpaired) electrons. The van der Waals surface area contributed by atoms with Crippen molar-refractivity contribution in [3.8, 4) is 11.5 Å². The number of hydrogen-bond donors (Lipinski definition) is 1. The van der Waals surface area contributed by atoms with Crippen LogP contribution in [0.1, 0.15) is 18.1 Å². The molecule has 0 fully saturated rings. The first-order valence-corrected chi connectivity index (χ1v) is 6.10. The van der Waals surface area contributed by atoms with Crippen LogP contribution in [0.3, 0.4) is 0 Å². The van der Waals surface area contributed by atoms with Gasteiger partial charge in [-0.15, -0.1) is 0 Å². The Morgan fingerprint density at radius 3 is 2.21 bits per heavy atom. The number of rotatable bonds is 4. The zero-order valence-corrected chi connectivity index (χ0v) is 11.4. The number of methoxy groups -OCH3 is 2. The van der Waals surface area contributed by atoms with Gasteiger partial charge in [-0.05, 0) is 24.6 Å². The van der Waals surface area contributed by atoms with Crippen LogP contribution in [0, 0.1) is 0 Å². The molecule has 0 heterocycles. The van der Waals surface area contributed by atoms with E-state index < -0.39 is 5.60 Å². The first-order valence-electron chi connectivity index (χ1n) is 6.10. The molecule has 2 rings (SSSR count). The summed E-state index contributed by atoms with van der Waals surface area (Å²) in [6, 6.07) is 14.9. The molecule has 0 aliphatic carbocycles. The van der Waals surface area contributed by atoms with Crippen molar-refractivity contribution in [1.29, 1.82) is 0 Å². The second kappa shape index (κ2) is 5.33. The summed E-state index contributed by atoms with van der Waals surface area (Å²) in [6.07, 6.45) is 0. The van der Waals surface area contributed by atoms with E-state index in [1.807, 2.05) is 42.5 Å². The van der Waals surface area contributed by atoms with Crippen molar-refractivity contribution in [3.05, 3.63) is 59.7 Å². The van der Waals surface area contributed by atoms with Crippen LogP contribution in [0.25, 0.3) is 0 Å². The third-order valence-corrected chi connectivity index (χ3v) is 3.27. The van der Waals surface area contributed by atoms with Gasteiger partial charge < -0.3 is 14.6 Å². The molecule has 3 nitrogen and oxygen atoms in total. The van der Waals surface area contributed by atoms with Crippen molar-refractivity contribution >= 4 is 0 Å². The minimum atomic E-state index is -1.11. The van der Waals surface area contributed by atoms with Crippen LogP contribution in [0.15, 0.2) is 48.5 Å². The summed E-state index contributed by atoms with van der Waals surface area (Å²) >= 11 is 0. The minimum absolute atomic E-state index is 0.605. The van der Waals surface area contributed by atoms with Gasteiger partial charge in [-0.25, -0.2) is 0 Å². The van der Waals surface area contributed by atoms with E-state index in [0.29, 0.717) is 17.1 Å². The van der Waals surface area contributed by atoms with E-state index in [2.05, 4.69) is 0 Å². The topological polar surface area (TPSA) is 38.7 Å².